The Morgan fingerprint density at radius 2 is 2.17 bits per heavy atom. The fraction of sp³-hybridized carbons (Fsp3) is 0.583. The van der Waals surface area contributed by atoms with E-state index in [1.165, 1.54) is 0 Å². The molecule has 6 nitrogen and oxygen atoms in total. The Morgan fingerprint density at radius 3 is 2.72 bits per heavy atom. The van der Waals surface area contributed by atoms with Crippen molar-refractivity contribution in [3.63, 3.8) is 0 Å². The van der Waals surface area contributed by atoms with Gasteiger partial charge in [0, 0.05) is 18.7 Å². The molecule has 2 heterocycles. The molecule has 0 saturated carbocycles. The van der Waals surface area contributed by atoms with Crippen molar-refractivity contribution >= 4 is 5.69 Å². The number of nitrogens with one attached hydrogen (secondary N) is 1. The normalized spacial score (nSPS) is 12.9. The van der Waals surface area contributed by atoms with Crippen LogP contribution in [0.4, 0.5) is 5.69 Å². The minimum atomic E-state index is -0.0254. The van der Waals surface area contributed by atoms with Crippen molar-refractivity contribution in [1.82, 2.24) is 19.9 Å². The highest BCUT2D eigenvalue weighted by atomic mass is 16.5. The Labute approximate surface area is 106 Å². The van der Waals surface area contributed by atoms with E-state index in [0.717, 1.165) is 17.9 Å². The number of hydrogen-bond donors (Lipinski definition) is 1. The molecule has 0 amide bonds. The molecule has 2 aromatic rings. The van der Waals surface area contributed by atoms with E-state index in [-0.39, 0.29) is 6.04 Å². The van der Waals surface area contributed by atoms with Gasteiger partial charge in [-0.2, -0.15) is 10.1 Å². The van der Waals surface area contributed by atoms with Gasteiger partial charge in [-0.1, -0.05) is 12.1 Å². The average molecular weight is 249 g/mol. The summed E-state index contributed by atoms with van der Waals surface area (Å²) in [6.45, 7) is 8.16. The largest absolute Gasteiger partial charge is 0.371 e. The van der Waals surface area contributed by atoms with Crippen molar-refractivity contribution in [1.29, 1.82) is 0 Å². The molecular formula is C12H19N5O. The summed E-state index contributed by atoms with van der Waals surface area (Å²) in [6, 6.07) is 0.327. The molecule has 18 heavy (non-hydrogen) atoms. The topological polar surface area (TPSA) is 68.8 Å². The van der Waals surface area contributed by atoms with Gasteiger partial charge in [0.2, 0.25) is 5.89 Å². The summed E-state index contributed by atoms with van der Waals surface area (Å²) >= 11 is 0. The molecule has 0 fully saturated rings. The summed E-state index contributed by atoms with van der Waals surface area (Å²) in [6.07, 6.45) is 4.55. The average Bonchev–Trinajstić information content (AvgIpc) is 2.96. The van der Waals surface area contributed by atoms with Crippen molar-refractivity contribution in [2.45, 2.75) is 46.2 Å². The zero-order valence-electron chi connectivity index (χ0n) is 11.2. The number of hydrogen-bond acceptors (Lipinski definition) is 5. The van der Waals surface area contributed by atoms with E-state index >= 15 is 0 Å². The van der Waals surface area contributed by atoms with Crippen LogP contribution in [0.25, 0.3) is 0 Å². The zero-order valence-corrected chi connectivity index (χ0v) is 11.2. The van der Waals surface area contributed by atoms with E-state index in [9.17, 15) is 0 Å². The molecule has 1 N–H and O–H groups in total. The maximum atomic E-state index is 5.19. The Kier molecular flexibility index (Phi) is 3.64. The minimum absolute atomic E-state index is 0.0254. The number of nitrogens with zero attached hydrogens (tertiary/aromatic N) is 4. The molecule has 98 valence electrons. The zero-order chi connectivity index (χ0) is 13.1. The van der Waals surface area contributed by atoms with Gasteiger partial charge in [0.1, 0.15) is 6.04 Å². The summed E-state index contributed by atoms with van der Waals surface area (Å²) in [4.78, 5) is 4.30. The van der Waals surface area contributed by atoms with Crippen LogP contribution >= 0.6 is 0 Å². The Hall–Kier alpha value is -1.85. The van der Waals surface area contributed by atoms with Gasteiger partial charge >= 0.3 is 0 Å². The lowest BCUT2D eigenvalue weighted by Crippen LogP contribution is -2.06. The fourth-order valence-corrected chi connectivity index (χ4v) is 1.59. The van der Waals surface area contributed by atoms with Crippen LogP contribution in [-0.4, -0.2) is 19.9 Å². The molecule has 0 aliphatic heterocycles. The number of rotatable bonds is 5. The second-order valence-electron chi connectivity index (χ2n) is 4.57. The van der Waals surface area contributed by atoms with Gasteiger partial charge in [-0.05, 0) is 20.8 Å². The van der Waals surface area contributed by atoms with Crippen LogP contribution < -0.4 is 5.32 Å². The molecule has 0 aliphatic rings. The minimum Gasteiger partial charge on any atom is -0.371 e. The SMILES string of the molecule is CCc1noc(C(C)Nc2cnn(C(C)C)c2)n1. The van der Waals surface area contributed by atoms with E-state index in [2.05, 4.69) is 34.4 Å². The number of anilines is 1. The summed E-state index contributed by atoms with van der Waals surface area (Å²) in [5.74, 6) is 1.33. The molecule has 0 radical (unpaired) electrons. The first-order valence-corrected chi connectivity index (χ1v) is 6.23. The van der Waals surface area contributed by atoms with E-state index in [1.54, 1.807) is 6.20 Å². The van der Waals surface area contributed by atoms with Crippen molar-refractivity contribution in [3.8, 4) is 0 Å². The lowest BCUT2D eigenvalue weighted by atomic mass is 10.3. The molecular weight excluding hydrogens is 230 g/mol. The van der Waals surface area contributed by atoms with Gasteiger partial charge in [-0.3, -0.25) is 4.68 Å². The summed E-state index contributed by atoms with van der Waals surface area (Å²) in [5.41, 5.74) is 0.951. The van der Waals surface area contributed by atoms with Crippen LogP contribution in [0, 0.1) is 0 Å². The van der Waals surface area contributed by atoms with Crippen LogP contribution in [0.15, 0.2) is 16.9 Å². The molecule has 0 spiro atoms. The molecule has 1 atom stereocenters. The highest BCUT2D eigenvalue weighted by molar-refractivity contribution is 5.39. The summed E-state index contributed by atoms with van der Waals surface area (Å²) in [7, 11) is 0. The molecule has 2 aromatic heterocycles. The smallest absolute Gasteiger partial charge is 0.248 e. The van der Waals surface area contributed by atoms with Crippen LogP contribution in [0.2, 0.25) is 0 Å². The second kappa shape index (κ2) is 5.20. The van der Waals surface area contributed by atoms with Gasteiger partial charge in [0.05, 0.1) is 11.9 Å². The Bertz CT molecular complexity index is 502. The lowest BCUT2D eigenvalue weighted by Gasteiger charge is -2.08. The van der Waals surface area contributed by atoms with Gasteiger partial charge in [-0.15, -0.1) is 0 Å². The predicted octanol–water partition coefficient (Wildman–Crippen LogP) is 2.58. The molecule has 2 rings (SSSR count). The molecule has 0 bridgehead atoms. The third-order valence-corrected chi connectivity index (χ3v) is 2.68. The predicted molar refractivity (Wildman–Crippen MR) is 68.3 cm³/mol. The number of aromatic nitrogens is 4. The first kappa shape index (κ1) is 12.6. The Morgan fingerprint density at radius 1 is 1.39 bits per heavy atom. The standard InChI is InChI=1S/C12H19N5O/c1-5-11-15-12(18-16-11)9(4)14-10-6-13-17(7-10)8(2)3/h6-9,14H,5H2,1-4H3. The Balaban J connectivity index is 2.03. The first-order chi connectivity index (χ1) is 8.60. The van der Waals surface area contributed by atoms with Crippen molar-refractivity contribution in [2.75, 3.05) is 5.32 Å². The second-order valence-corrected chi connectivity index (χ2v) is 4.57. The van der Waals surface area contributed by atoms with Crippen LogP contribution in [0.5, 0.6) is 0 Å². The van der Waals surface area contributed by atoms with Gasteiger partial charge in [-0.25, -0.2) is 0 Å². The van der Waals surface area contributed by atoms with Gasteiger partial charge in [0.15, 0.2) is 5.82 Å². The van der Waals surface area contributed by atoms with E-state index < -0.39 is 0 Å². The van der Waals surface area contributed by atoms with E-state index in [1.807, 2.05) is 24.7 Å². The summed E-state index contributed by atoms with van der Waals surface area (Å²) < 4.78 is 7.10. The van der Waals surface area contributed by atoms with E-state index in [0.29, 0.717) is 11.9 Å². The quantitative estimate of drug-likeness (QED) is 0.882. The fourth-order valence-electron chi connectivity index (χ4n) is 1.59. The maximum absolute atomic E-state index is 5.19. The monoisotopic (exact) mass is 249 g/mol. The highest BCUT2D eigenvalue weighted by Gasteiger charge is 2.14. The van der Waals surface area contributed by atoms with Crippen molar-refractivity contribution in [3.05, 3.63) is 24.1 Å². The van der Waals surface area contributed by atoms with Gasteiger partial charge in [0.25, 0.3) is 0 Å². The van der Waals surface area contributed by atoms with Crippen molar-refractivity contribution in [2.24, 2.45) is 0 Å². The number of aryl methyl sites for hydroxylation is 1. The molecule has 0 saturated heterocycles. The van der Waals surface area contributed by atoms with Crippen LogP contribution in [0.1, 0.15) is 51.5 Å². The molecule has 0 aromatic carbocycles. The molecule has 0 aliphatic carbocycles. The lowest BCUT2D eigenvalue weighted by molar-refractivity contribution is 0.363. The maximum Gasteiger partial charge on any atom is 0.248 e. The van der Waals surface area contributed by atoms with Crippen molar-refractivity contribution < 1.29 is 4.52 Å². The summed E-state index contributed by atoms with van der Waals surface area (Å²) in [5, 5.41) is 11.4. The third kappa shape index (κ3) is 2.69. The van der Waals surface area contributed by atoms with Crippen LogP contribution in [-0.2, 0) is 6.42 Å². The molecule has 1 unspecified atom stereocenters. The first-order valence-electron chi connectivity index (χ1n) is 6.23. The van der Waals surface area contributed by atoms with Gasteiger partial charge < -0.3 is 9.84 Å². The van der Waals surface area contributed by atoms with Crippen LogP contribution in [0.3, 0.4) is 0 Å². The highest BCUT2D eigenvalue weighted by Crippen LogP contribution is 2.18. The third-order valence-electron chi connectivity index (χ3n) is 2.68. The van der Waals surface area contributed by atoms with E-state index in [4.69, 9.17) is 4.52 Å². The molecule has 6 heteroatoms.